The summed E-state index contributed by atoms with van der Waals surface area (Å²) >= 11 is 0. The molecule has 0 heterocycles. The van der Waals surface area contributed by atoms with E-state index in [1.165, 1.54) is 24.3 Å². The summed E-state index contributed by atoms with van der Waals surface area (Å²) < 4.78 is 62.6. The van der Waals surface area contributed by atoms with Gasteiger partial charge >= 0.3 is 27.7 Å². The summed E-state index contributed by atoms with van der Waals surface area (Å²) in [5.74, 6) is 0. The molecule has 2 aromatic carbocycles. The Kier molecular flexibility index (Phi) is 8.57. The minimum absolute atomic E-state index is 0. The zero-order valence-corrected chi connectivity index (χ0v) is 19.7. The molecule has 2 aromatic rings. The molecular weight excluding hydrogens is 529 g/mol. The summed E-state index contributed by atoms with van der Waals surface area (Å²) in [4.78, 5) is -0.338. The van der Waals surface area contributed by atoms with Gasteiger partial charge in [0.05, 0.1) is 9.79 Å². The van der Waals surface area contributed by atoms with E-state index in [-0.39, 0.29) is 37.5 Å². The zero-order chi connectivity index (χ0) is 17.0. The quantitative estimate of drug-likeness (QED) is 0.422. The molecule has 0 saturated carbocycles. The first-order chi connectivity index (χ1) is 10.00. The van der Waals surface area contributed by atoms with E-state index in [2.05, 4.69) is 0 Å². The molecule has 2 rings (SSSR count). The van der Waals surface area contributed by atoms with Crippen LogP contribution in [0.15, 0.2) is 58.3 Å². The first-order valence-electron chi connectivity index (χ1n) is 6.05. The van der Waals surface area contributed by atoms with Crippen molar-refractivity contribution in [2.75, 3.05) is 0 Å². The van der Waals surface area contributed by atoms with E-state index >= 15 is 0 Å². The summed E-state index contributed by atoms with van der Waals surface area (Å²) in [6.45, 7) is 3.46. The fourth-order valence-electron chi connectivity index (χ4n) is 1.54. The summed E-state index contributed by atoms with van der Waals surface area (Å²) in [7, 11) is -8.55. The molecular formula is C14H14HgO6S2. The molecule has 120 valence electrons. The van der Waals surface area contributed by atoms with Crippen molar-refractivity contribution in [2.45, 2.75) is 23.6 Å². The maximum Gasteiger partial charge on any atom is 2.00 e. The molecule has 0 saturated heterocycles. The number of rotatable bonds is 2. The first-order valence-corrected chi connectivity index (χ1v) is 8.87. The van der Waals surface area contributed by atoms with Crippen LogP contribution in [-0.2, 0) is 47.9 Å². The summed E-state index contributed by atoms with van der Waals surface area (Å²) in [5.41, 5.74) is 1.53. The number of benzene rings is 2. The van der Waals surface area contributed by atoms with E-state index < -0.39 is 20.2 Å². The molecule has 0 aliphatic rings. The monoisotopic (exact) mass is 544 g/mol. The Morgan fingerprint density at radius 1 is 0.696 bits per heavy atom. The van der Waals surface area contributed by atoms with Crippen molar-refractivity contribution >= 4 is 20.2 Å². The van der Waals surface area contributed by atoms with Gasteiger partial charge in [-0.25, -0.2) is 16.8 Å². The fraction of sp³-hybridized carbons (Fsp3) is 0.143. The van der Waals surface area contributed by atoms with Crippen LogP contribution in [0, 0.1) is 13.8 Å². The molecule has 6 nitrogen and oxygen atoms in total. The Balaban J connectivity index is 0.000000403. The van der Waals surface area contributed by atoms with Gasteiger partial charge in [0.15, 0.2) is 0 Å². The van der Waals surface area contributed by atoms with Crippen LogP contribution in [0.1, 0.15) is 11.1 Å². The largest absolute Gasteiger partial charge is 2.00 e. The van der Waals surface area contributed by atoms with Crippen LogP contribution in [0.4, 0.5) is 0 Å². The fourth-order valence-corrected chi connectivity index (χ4v) is 2.69. The SMILES string of the molecule is Cc1cccc(S(=O)(=O)[O-])c1.Cc1cccc(S(=O)(=O)[O-])c1.[Hg+2]. The second-order valence-corrected chi connectivity index (χ2v) is 7.30. The van der Waals surface area contributed by atoms with Gasteiger partial charge in [-0.2, -0.15) is 0 Å². The van der Waals surface area contributed by atoms with Crippen LogP contribution >= 0.6 is 0 Å². The Bertz CT molecular complexity index is 787. The van der Waals surface area contributed by atoms with Crippen molar-refractivity contribution in [1.29, 1.82) is 0 Å². The maximum absolute atomic E-state index is 10.4. The third-order valence-corrected chi connectivity index (χ3v) is 4.22. The molecule has 0 atom stereocenters. The topological polar surface area (TPSA) is 114 Å². The van der Waals surface area contributed by atoms with Crippen molar-refractivity contribution in [3.8, 4) is 0 Å². The molecule has 0 radical (unpaired) electrons. The van der Waals surface area contributed by atoms with Crippen molar-refractivity contribution in [1.82, 2.24) is 0 Å². The van der Waals surface area contributed by atoms with Crippen LogP contribution in [0.25, 0.3) is 0 Å². The number of aryl methyl sites for hydroxylation is 2. The Morgan fingerprint density at radius 3 is 1.17 bits per heavy atom. The van der Waals surface area contributed by atoms with E-state index in [4.69, 9.17) is 0 Å². The number of hydrogen-bond acceptors (Lipinski definition) is 6. The van der Waals surface area contributed by atoms with Crippen molar-refractivity contribution < 1.29 is 53.6 Å². The van der Waals surface area contributed by atoms with Gasteiger partial charge in [-0.1, -0.05) is 24.3 Å². The minimum Gasteiger partial charge on any atom is -0.744 e. The normalized spacial score (nSPS) is 11.0. The molecule has 0 N–H and O–H groups in total. The van der Waals surface area contributed by atoms with Crippen LogP contribution in [0.3, 0.4) is 0 Å². The molecule has 0 fully saturated rings. The second kappa shape index (κ2) is 8.88. The molecule has 0 unspecified atom stereocenters. The predicted molar refractivity (Wildman–Crippen MR) is 78.3 cm³/mol. The van der Waals surface area contributed by atoms with Crippen molar-refractivity contribution in [2.24, 2.45) is 0 Å². The molecule has 0 aliphatic carbocycles. The maximum atomic E-state index is 10.4. The molecule has 0 aromatic heterocycles. The Morgan fingerprint density at radius 2 is 1.00 bits per heavy atom. The van der Waals surface area contributed by atoms with Gasteiger partial charge < -0.3 is 9.11 Å². The van der Waals surface area contributed by atoms with Crippen molar-refractivity contribution in [3.63, 3.8) is 0 Å². The van der Waals surface area contributed by atoms with Gasteiger partial charge in [0.1, 0.15) is 20.2 Å². The van der Waals surface area contributed by atoms with Gasteiger partial charge in [0, 0.05) is 0 Å². The smallest absolute Gasteiger partial charge is 0.744 e. The van der Waals surface area contributed by atoms with E-state index in [1.54, 1.807) is 38.1 Å². The van der Waals surface area contributed by atoms with Crippen molar-refractivity contribution in [3.05, 3.63) is 59.7 Å². The van der Waals surface area contributed by atoms with E-state index in [0.717, 1.165) is 11.1 Å². The third-order valence-electron chi connectivity index (χ3n) is 2.56. The molecule has 0 amide bonds. The predicted octanol–water partition coefficient (Wildman–Crippen LogP) is 1.80. The molecule has 23 heavy (non-hydrogen) atoms. The van der Waals surface area contributed by atoms with Crippen LogP contribution < -0.4 is 0 Å². The van der Waals surface area contributed by atoms with Gasteiger partial charge in [-0.15, -0.1) is 0 Å². The average molecular weight is 543 g/mol. The van der Waals surface area contributed by atoms with E-state index in [9.17, 15) is 25.9 Å². The Labute approximate surface area is 156 Å². The first kappa shape index (κ1) is 22.2. The summed E-state index contributed by atoms with van der Waals surface area (Å²) in [5, 5.41) is 0. The Hall–Kier alpha value is -0.805. The standard InChI is InChI=1S/2C7H8O3S.Hg/c2*1-6-3-2-4-7(5-6)11(8,9)10;/h2*2-5H,1H3,(H,8,9,10);/q;;+2/p-2. The van der Waals surface area contributed by atoms with Gasteiger partial charge in [0.2, 0.25) is 0 Å². The van der Waals surface area contributed by atoms with Gasteiger partial charge in [-0.05, 0) is 49.2 Å². The summed E-state index contributed by atoms with van der Waals surface area (Å²) in [6.07, 6.45) is 0. The third kappa shape index (κ3) is 8.02. The zero-order valence-electron chi connectivity index (χ0n) is 12.6. The van der Waals surface area contributed by atoms with E-state index in [1.807, 2.05) is 0 Å². The molecule has 0 bridgehead atoms. The van der Waals surface area contributed by atoms with E-state index in [0.29, 0.717) is 0 Å². The number of hydrogen-bond donors (Lipinski definition) is 0. The van der Waals surface area contributed by atoms with Crippen LogP contribution in [0.2, 0.25) is 0 Å². The summed E-state index contributed by atoms with van der Waals surface area (Å²) in [6, 6.07) is 11.8. The second-order valence-electron chi connectivity index (χ2n) is 4.54. The minimum atomic E-state index is -4.28. The van der Waals surface area contributed by atoms with Crippen LogP contribution in [0.5, 0.6) is 0 Å². The van der Waals surface area contributed by atoms with Gasteiger partial charge in [0.25, 0.3) is 0 Å². The molecule has 0 aliphatic heterocycles. The average Bonchev–Trinajstić information content (AvgIpc) is 2.37. The van der Waals surface area contributed by atoms with Crippen LogP contribution in [-0.4, -0.2) is 25.9 Å². The molecule has 0 spiro atoms. The molecule has 9 heteroatoms. The van der Waals surface area contributed by atoms with Gasteiger partial charge in [-0.3, -0.25) is 0 Å².